The zero-order valence-electron chi connectivity index (χ0n) is 11.6. The number of aryl methyl sites for hydroxylation is 1. The van der Waals surface area contributed by atoms with Gasteiger partial charge in [0.05, 0.1) is 6.54 Å². The van der Waals surface area contributed by atoms with Crippen molar-refractivity contribution in [2.75, 3.05) is 19.6 Å². The molecule has 1 aromatic rings. The second-order valence-electron chi connectivity index (χ2n) is 5.30. The van der Waals surface area contributed by atoms with Crippen molar-refractivity contribution >= 4 is 0 Å². The van der Waals surface area contributed by atoms with Crippen molar-refractivity contribution in [1.29, 1.82) is 0 Å². The first kappa shape index (κ1) is 13.5. The monoisotopic (exact) mass is 252 g/mol. The van der Waals surface area contributed by atoms with E-state index in [9.17, 15) is 0 Å². The number of nitrogens with one attached hydrogen (secondary N) is 1. The first-order valence-electron chi connectivity index (χ1n) is 6.94. The number of aromatic nitrogens is 2. The first-order chi connectivity index (χ1) is 8.69. The van der Waals surface area contributed by atoms with Crippen molar-refractivity contribution in [2.24, 2.45) is 5.92 Å². The molecule has 0 bridgehead atoms. The molecule has 5 nitrogen and oxygen atoms in total. The van der Waals surface area contributed by atoms with E-state index in [2.05, 4.69) is 34.2 Å². The van der Waals surface area contributed by atoms with Crippen molar-refractivity contribution in [3.05, 3.63) is 11.7 Å². The molecule has 1 aliphatic rings. The molecule has 1 N–H and O–H groups in total. The number of hydrogen-bond acceptors (Lipinski definition) is 5. The maximum Gasteiger partial charge on any atom is 0.240 e. The molecule has 2 unspecified atom stereocenters. The molecular formula is C13H24N4O. The Bertz CT molecular complexity index is 366. The molecule has 0 aromatic carbocycles. The van der Waals surface area contributed by atoms with Crippen LogP contribution >= 0.6 is 0 Å². The standard InChI is InChI=1S/C13H24N4O/c1-4-6-14-12-5-7-17(8-10(12)2)9-13-15-11(3)16-18-13/h10,12,14H,4-9H2,1-3H3. The molecule has 1 aliphatic heterocycles. The molecule has 0 aliphatic carbocycles. The fraction of sp³-hybridized carbons (Fsp3) is 0.846. The fourth-order valence-corrected chi connectivity index (χ4v) is 2.60. The molecule has 1 fully saturated rings. The van der Waals surface area contributed by atoms with Crippen molar-refractivity contribution < 1.29 is 4.52 Å². The van der Waals surface area contributed by atoms with Crippen LogP contribution < -0.4 is 5.32 Å². The highest BCUT2D eigenvalue weighted by atomic mass is 16.5. The zero-order valence-corrected chi connectivity index (χ0v) is 11.6. The quantitative estimate of drug-likeness (QED) is 0.862. The van der Waals surface area contributed by atoms with Crippen LogP contribution in [0.4, 0.5) is 0 Å². The van der Waals surface area contributed by atoms with Crippen molar-refractivity contribution in [3.63, 3.8) is 0 Å². The van der Waals surface area contributed by atoms with E-state index in [1.165, 1.54) is 12.8 Å². The normalized spacial score (nSPS) is 25.5. The molecule has 2 rings (SSSR count). The maximum atomic E-state index is 5.18. The highest BCUT2D eigenvalue weighted by Gasteiger charge is 2.26. The van der Waals surface area contributed by atoms with Crippen LogP contribution in [0.5, 0.6) is 0 Å². The van der Waals surface area contributed by atoms with Gasteiger partial charge in [0.15, 0.2) is 5.82 Å². The second-order valence-corrected chi connectivity index (χ2v) is 5.30. The molecule has 2 heterocycles. The summed E-state index contributed by atoms with van der Waals surface area (Å²) in [4.78, 5) is 6.67. The van der Waals surface area contributed by atoms with E-state index in [1.54, 1.807) is 0 Å². The molecule has 0 spiro atoms. The Morgan fingerprint density at radius 2 is 2.33 bits per heavy atom. The molecule has 0 radical (unpaired) electrons. The number of rotatable bonds is 5. The van der Waals surface area contributed by atoms with Crippen molar-refractivity contribution in [2.45, 2.75) is 46.2 Å². The van der Waals surface area contributed by atoms with E-state index in [0.717, 1.165) is 37.9 Å². The fourth-order valence-electron chi connectivity index (χ4n) is 2.60. The van der Waals surface area contributed by atoms with Gasteiger partial charge in [0.1, 0.15) is 0 Å². The summed E-state index contributed by atoms with van der Waals surface area (Å²) < 4.78 is 5.18. The van der Waals surface area contributed by atoms with Crippen LogP contribution in [0.1, 0.15) is 38.4 Å². The lowest BCUT2D eigenvalue weighted by Gasteiger charge is -2.36. The summed E-state index contributed by atoms with van der Waals surface area (Å²) in [5, 5.41) is 7.46. The average molecular weight is 252 g/mol. The summed E-state index contributed by atoms with van der Waals surface area (Å²) in [5.74, 6) is 2.13. The lowest BCUT2D eigenvalue weighted by Crippen LogP contribution is -2.48. The third-order valence-corrected chi connectivity index (χ3v) is 3.57. The smallest absolute Gasteiger partial charge is 0.240 e. The van der Waals surface area contributed by atoms with E-state index < -0.39 is 0 Å². The Hall–Kier alpha value is -0.940. The Morgan fingerprint density at radius 3 is 2.94 bits per heavy atom. The first-order valence-corrected chi connectivity index (χ1v) is 6.94. The van der Waals surface area contributed by atoms with Crippen LogP contribution in [-0.2, 0) is 6.54 Å². The highest BCUT2D eigenvalue weighted by molar-refractivity contribution is 4.87. The van der Waals surface area contributed by atoms with Gasteiger partial charge < -0.3 is 9.84 Å². The SMILES string of the molecule is CCCNC1CCN(Cc2nc(C)no2)CC1C. The van der Waals surface area contributed by atoms with Gasteiger partial charge in [-0.25, -0.2) is 0 Å². The van der Waals surface area contributed by atoms with E-state index in [-0.39, 0.29) is 0 Å². The number of hydrogen-bond donors (Lipinski definition) is 1. The number of likely N-dealkylation sites (tertiary alicyclic amines) is 1. The van der Waals surface area contributed by atoms with E-state index in [0.29, 0.717) is 12.0 Å². The second kappa shape index (κ2) is 6.29. The molecule has 1 saturated heterocycles. The molecule has 102 valence electrons. The lowest BCUT2D eigenvalue weighted by atomic mass is 9.94. The Morgan fingerprint density at radius 1 is 1.50 bits per heavy atom. The Labute approximate surface area is 109 Å². The minimum absolute atomic E-state index is 0.658. The number of piperidine rings is 1. The molecular weight excluding hydrogens is 228 g/mol. The summed E-state index contributed by atoms with van der Waals surface area (Å²) >= 11 is 0. The van der Waals surface area contributed by atoms with Crippen LogP contribution in [0.15, 0.2) is 4.52 Å². The third kappa shape index (κ3) is 3.53. The summed E-state index contributed by atoms with van der Waals surface area (Å²) in [6.07, 6.45) is 2.41. The minimum atomic E-state index is 0.658. The van der Waals surface area contributed by atoms with Gasteiger partial charge in [-0.2, -0.15) is 4.98 Å². The largest absolute Gasteiger partial charge is 0.338 e. The molecule has 1 aromatic heterocycles. The molecule has 18 heavy (non-hydrogen) atoms. The average Bonchev–Trinajstić information content (AvgIpc) is 2.74. The molecule has 0 amide bonds. The van der Waals surface area contributed by atoms with Gasteiger partial charge in [0.2, 0.25) is 5.89 Å². The lowest BCUT2D eigenvalue weighted by molar-refractivity contribution is 0.128. The van der Waals surface area contributed by atoms with Crippen LogP contribution in [0.2, 0.25) is 0 Å². The summed E-state index contributed by atoms with van der Waals surface area (Å²) in [7, 11) is 0. The predicted octanol–water partition coefficient (Wildman–Crippen LogP) is 1.59. The molecule has 5 heteroatoms. The Kier molecular flexibility index (Phi) is 4.72. The zero-order chi connectivity index (χ0) is 13.0. The minimum Gasteiger partial charge on any atom is -0.338 e. The predicted molar refractivity (Wildman–Crippen MR) is 70.2 cm³/mol. The van der Waals surface area contributed by atoms with Crippen LogP contribution in [-0.4, -0.2) is 40.7 Å². The van der Waals surface area contributed by atoms with E-state index in [1.807, 2.05) is 6.92 Å². The van der Waals surface area contributed by atoms with E-state index in [4.69, 9.17) is 4.52 Å². The molecule has 2 atom stereocenters. The Balaban J connectivity index is 1.80. The maximum absolute atomic E-state index is 5.18. The van der Waals surface area contributed by atoms with Gasteiger partial charge in [-0.05, 0) is 32.2 Å². The van der Waals surface area contributed by atoms with Crippen LogP contribution in [0.25, 0.3) is 0 Å². The highest BCUT2D eigenvalue weighted by Crippen LogP contribution is 2.18. The van der Waals surface area contributed by atoms with Crippen LogP contribution in [0.3, 0.4) is 0 Å². The summed E-state index contributed by atoms with van der Waals surface area (Å²) in [5.41, 5.74) is 0. The van der Waals surface area contributed by atoms with Gasteiger partial charge in [-0.3, -0.25) is 4.90 Å². The third-order valence-electron chi connectivity index (χ3n) is 3.57. The van der Waals surface area contributed by atoms with Crippen molar-refractivity contribution in [3.8, 4) is 0 Å². The number of nitrogens with zero attached hydrogens (tertiary/aromatic N) is 3. The van der Waals surface area contributed by atoms with Gasteiger partial charge in [-0.1, -0.05) is 19.0 Å². The van der Waals surface area contributed by atoms with Crippen LogP contribution in [0, 0.1) is 12.8 Å². The van der Waals surface area contributed by atoms with Gasteiger partial charge in [-0.15, -0.1) is 0 Å². The summed E-state index contributed by atoms with van der Waals surface area (Å²) in [6, 6.07) is 0.658. The topological polar surface area (TPSA) is 54.2 Å². The van der Waals surface area contributed by atoms with E-state index >= 15 is 0 Å². The van der Waals surface area contributed by atoms with Gasteiger partial charge in [0, 0.05) is 19.1 Å². The van der Waals surface area contributed by atoms with Gasteiger partial charge in [0.25, 0.3) is 0 Å². The van der Waals surface area contributed by atoms with Gasteiger partial charge >= 0.3 is 0 Å². The van der Waals surface area contributed by atoms with Crippen molar-refractivity contribution in [1.82, 2.24) is 20.4 Å². The summed E-state index contributed by atoms with van der Waals surface area (Å²) in [6.45, 7) is 10.5. The molecule has 0 saturated carbocycles.